The first-order chi connectivity index (χ1) is 17.4. The summed E-state index contributed by atoms with van der Waals surface area (Å²) in [6.07, 6.45) is -3.92. The zero-order valence-corrected chi connectivity index (χ0v) is 20.0. The summed E-state index contributed by atoms with van der Waals surface area (Å²) in [5.41, 5.74) is 5.35. The van der Waals surface area contributed by atoms with Gasteiger partial charge in [-0.15, -0.1) is 0 Å². The van der Waals surface area contributed by atoms with Crippen molar-refractivity contribution in [1.82, 2.24) is 4.57 Å². The van der Waals surface area contributed by atoms with E-state index in [1.54, 1.807) is 0 Å². The van der Waals surface area contributed by atoms with E-state index in [0.29, 0.717) is 5.56 Å². The fourth-order valence-corrected chi connectivity index (χ4v) is 3.89. The molecule has 1 amide bonds. The average Bonchev–Trinajstić information content (AvgIpc) is 3.28. The van der Waals surface area contributed by atoms with Crippen molar-refractivity contribution in [1.29, 1.82) is 0 Å². The maximum atomic E-state index is 13.2. The molecule has 0 aliphatic carbocycles. The molecular formula is C22H24N4O11. The van der Waals surface area contributed by atoms with Crippen molar-refractivity contribution in [2.45, 2.75) is 51.9 Å². The van der Waals surface area contributed by atoms with Crippen LogP contribution in [-0.4, -0.2) is 58.2 Å². The number of aromatic nitrogens is 2. The number of amides is 1. The van der Waals surface area contributed by atoms with E-state index < -0.39 is 64.9 Å². The molecule has 2 heterocycles. The van der Waals surface area contributed by atoms with Gasteiger partial charge < -0.3 is 29.8 Å². The van der Waals surface area contributed by atoms with Gasteiger partial charge in [0, 0.05) is 32.9 Å². The van der Waals surface area contributed by atoms with Crippen LogP contribution in [0.2, 0.25) is 0 Å². The normalized spacial score (nSPS) is 20.7. The second-order valence-electron chi connectivity index (χ2n) is 8.11. The summed E-state index contributed by atoms with van der Waals surface area (Å²) in [6.45, 7) is 2.90. The highest BCUT2D eigenvalue weighted by atomic mass is 16.7. The summed E-state index contributed by atoms with van der Waals surface area (Å²) in [5, 5.41) is 24.1. The predicted octanol–water partition coefficient (Wildman–Crippen LogP) is -0.771. The van der Waals surface area contributed by atoms with Gasteiger partial charge in [0.25, 0.3) is 11.6 Å². The predicted molar refractivity (Wildman–Crippen MR) is 116 cm³/mol. The van der Waals surface area contributed by atoms with Gasteiger partial charge in [-0.2, -0.15) is 0 Å². The molecule has 0 radical (unpaired) electrons. The lowest BCUT2D eigenvalue weighted by molar-refractivity contribution is -0.792. The van der Waals surface area contributed by atoms with Gasteiger partial charge in [-0.25, -0.2) is 9.13 Å². The first-order valence-corrected chi connectivity index (χ1v) is 10.9. The molecule has 2 aromatic rings. The van der Waals surface area contributed by atoms with E-state index in [9.17, 15) is 34.4 Å². The number of nitro groups is 1. The molecule has 3 rings (SSSR count). The number of ether oxygens (including phenoxy) is 4. The van der Waals surface area contributed by atoms with Crippen molar-refractivity contribution >= 4 is 29.5 Å². The molecule has 1 saturated heterocycles. The molecule has 4 atom stereocenters. The molecule has 198 valence electrons. The smallest absolute Gasteiger partial charge is 0.303 e. The lowest BCUT2D eigenvalue weighted by atomic mass is 10.1. The van der Waals surface area contributed by atoms with Crippen molar-refractivity contribution in [2.75, 3.05) is 6.61 Å². The van der Waals surface area contributed by atoms with Gasteiger partial charge in [0.05, 0.1) is 4.92 Å². The molecule has 2 N–H and O–H groups in total. The summed E-state index contributed by atoms with van der Waals surface area (Å²) >= 11 is 0. The Kier molecular flexibility index (Phi) is 8.07. The Balaban J connectivity index is 2.03. The number of hydrogen-bond donors (Lipinski definition) is 1. The minimum atomic E-state index is -1.39. The first kappa shape index (κ1) is 27.1. The van der Waals surface area contributed by atoms with Crippen LogP contribution in [-0.2, 0) is 39.9 Å². The highest BCUT2D eigenvalue weighted by Crippen LogP contribution is 2.33. The number of esters is 3. The van der Waals surface area contributed by atoms with Gasteiger partial charge in [-0.1, -0.05) is 0 Å². The number of carbonyl (C=O) groups is 4. The summed E-state index contributed by atoms with van der Waals surface area (Å²) in [4.78, 5) is 57.4. The van der Waals surface area contributed by atoms with Crippen LogP contribution >= 0.6 is 0 Å². The second kappa shape index (κ2) is 11.0. The number of benzene rings is 1. The number of nitrogens with two attached hydrogens (primary N) is 1. The molecule has 1 aromatic heterocycles. The number of hydrogen-bond acceptors (Lipinski definition) is 11. The number of non-ortho nitro benzene ring substituents is 1. The standard InChI is InChI=1S/C22H24N4O11/c1-11(27)34-9-16-18(35-12(2)28)19(36-13(3)29)22(37-16)25-10-24(17(20(23)30)21(25)31)8-14-4-6-15(7-5-14)26(32)33/h4-7,10,16,18-19,22H,8-9H2,1-3H3,(H2-,23,30,31)/t16-,18-,19-,22-/m1/s1. The maximum absolute atomic E-state index is 13.2. The Hall–Kier alpha value is -4.53. The van der Waals surface area contributed by atoms with E-state index in [0.717, 1.165) is 25.3 Å². The highest BCUT2D eigenvalue weighted by molar-refractivity contribution is 5.92. The van der Waals surface area contributed by atoms with Gasteiger partial charge in [-0.3, -0.25) is 29.3 Å². The zero-order valence-electron chi connectivity index (χ0n) is 20.0. The van der Waals surface area contributed by atoms with E-state index in [4.69, 9.17) is 24.7 Å². The van der Waals surface area contributed by atoms with Gasteiger partial charge >= 0.3 is 17.9 Å². The number of nitro benzene ring substituents is 1. The molecule has 0 saturated carbocycles. The van der Waals surface area contributed by atoms with Crippen LogP contribution in [0.4, 0.5) is 5.69 Å². The monoisotopic (exact) mass is 520 g/mol. The molecule has 37 heavy (non-hydrogen) atoms. The third-order valence-electron chi connectivity index (χ3n) is 5.34. The SMILES string of the molecule is CC(=O)OC[C@H]1O[C@@H]([n+]2cn(Cc3ccc([N+](=O)[O-])cc3)c(C(N)=O)c2[O-])[C@H](OC(C)=O)[C@@H]1OC(C)=O. The number of nitrogens with zero attached hydrogens (tertiary/aromatic N) is 3. The number of primary amides is 1. The minimum Gasteiger partial charge on any atom is -0.839 e. The first-order valence-electron chi connectivity index (χ1n) is 10.9. The average molecular weight is 520 g/mol. The van der Waals surface area contributed by atoms with Gasteiger partial charge in [-0.05, 0) is 17.7 Å². The van der Waals surface area contributed by atoms with E-state index in [2.05, 4.69) is 0 Å². The summed E-state index contributed by atoms with van der Waals surface area (Å²) in [5.74, 6) is -4.15. The molecule has 15 nitrogen and oxygen atoms in total. The summed E-state index contributed by atoms with van der Waals surface area (Å²) in [7, 11) is 0. The Labute approximate surface area is 209 Å². The maximum Gasteiger partial charge on any atom is 0.303 e. The molecular weight excluding hydrogens is 496 g/mol. The quantitative estimate of drug-likeness (QED) is 0.143. The molecule has 1 aliphatic rings. The Morgan fingerprint density at radius 1 is 1.05 bits per heavy atom. The number of rotatable bonds is 9. The summed E-state index contributed by atoms with van der Waals surface area (Å²) in [6, 6.07) is 5.40. The lowest BCUT2D eigenvalue weighted by Crippen LogP contribution is -2.49. The van der Waals surface area contributed by atoms with E-state index in [-0.39, 0.29) is 18.8 Å². The number of carbonyl (C=O) groups excluding carboxylic acids is 4. The second-order valence-corrected chi connectivity index (χ2v) is 8.11. The molecule has 1 aliphatic heterocycles. The lowest BCUT2D eigenvalue weighted by Gasteiger charge is -2.22. The molecule has 0 bridgehead atoms. The van der Waals surface area contributed by atoms with Crippen LogP contribution < -0.4 is 15.4 Å². The summed E-state index contributed by atoms with van der Waals surface area (Å²) < 4.78 is 23.5. The van der Waals surface area contributed by atoms with Crippen LogP contribution in [0.1, 0.15) is 43.1 Å². The fourth-order valence-electron chi connectivity index (χ4n) is 3.89. The Morgan fingerprint density at radius 2 is 1.65 bits per heavy atom. The van der Waals surface area contributed by atoms with Crippen LogP contribution in [0.3, 0.4) is 0 Å². The van der Waals surface area contributed by atoms with E-state index in [1.165, 1.54) is 35.2 Å². The van der Waals surface area contributed by atoms with Crippen LogP contribution in [0.5, 0.6) is 5.88 Å². The van der Waals surface area contributed by atoms with Crippen LogP contribution in [0.15, 0.2) is 30.6 Å². The van der Waals surface area contributed by atoms with E-state index >= 15 is 0 Å². The Morgan fingerprint density at radius 3 is 2.16 bits per heavy atom. The highest BCUT2D eigenvalue weighted by Gasteiger charge is 2.53. The van der Waals surface area contributed by atoms with E-state index in [1.807, 2.05) is 0 Å². The van der Waals surface area contributed by atoms with Crippen molar-refractivity contribution in [3.63, 3.8) is 0 Å². The molecule has 0 unspecified atom stereocenters. The zero-order chi connectivity index (χ0) is 27.4. The Bertz CT molecular complexity index is 1220. The third kappa shape index (κ3) is 6.19. The topological polar surface area (TPSA) is 206 Å². The number of imidazole rings is 1. The van der Waals surface area contributed by atoms with Crippen molar-refractivity contribution in [3.05, 3.63) is 52.0 Å². The van der Waals surface area contributed by atoms with Crippen LogP contribution in [0.25, 0.3) is 0 Å². The van der Waals surface area contributed by atoms with Gasteiger partial charge in [0.15, 0.2) is 6.10 Å². The van der Waals surface area contributed by atoms with Gasteiger partial charge in [0.2, 0.25) is 24.4 Å². The molecule has 1 fully saturated rings. The van der Waals surface area contributed by atoms with Crippen molar-refractivity contribution in [3.8, 4) is 5.88 Å². The fraction of sp³-hybridized carbons (Fsp3) is 0.409. The molecule has 0 spiro atoms. The van der Waals surface area contributed by atoms with Crippen molar-refractivity contribution < 1.29 is 52.7 Å². The third-order valence-corrected chi connectivity index (χ3v) is 5.34. The van der Waals surface area contributed by atoms with Gasteiger partial charge in [0.1, 0.15) is 25.1 Å². The van der Waals surface area contributed by atoms with Crippen LogP contribution in [0, 0.1) is 10.1 Å². The molecule has 15 heteroatoms. The minimum absolute atomic E-state index is 0.0757. The van der Waals surface area contributed by atoms with Crippen molar-refractivity contribution in [2.24, 2.45) is 5.73 Å². The largest absolute Gasteiger partial charge is 0.839 e. The molecule has 1 aromatic carbocycles.